The molecular formula is C47H54N8O7S. The summed E-state index contributed by atoms with van der Waals surface area (Å²) in [5.74, 6) is 1.02. The average molecular weight is 875 g/mol. The number of nitro groups is 1. The van der Waals surface area contributed by atoms with Crippen molar-refractivity contribution in [1.82, 2.24) is 24.6 Å². The number of carbonyl (C=O) groups excluding carboxylic acids is 1. The first kappa shape index (κ1) is 41.4. The van der Waals surface area contributed by atoms with Gasteiger partial charge >= 0.3 is 5.69 Å². The Bertz CT molecular complexity index is 2670. The summed E-state index contributed by atoms with van der Waals surface area (Å²) in [6.45, 7) is 9.14. The van der Waals surface area contributed by atoms with Crippen molar-refractivity contribution in [1.29, 1.82) is 0 Å². The van der Waals surface area contributed by atoms with Gasteiger partial charge in [0, 0.05) is 73.8 Å². The highest BCUT2D eigenvalue weighted by Gasteiger charge is 2.66. The molecular weight excluding hydrogens is 821 g/mol. The molecule has 1 amide bonds. The van der Waals surface area contributed by atoms with Crippen LogP contribution < -0.4 is 19.7 Å². The minimum Gasteiger partial charge on any atom is -0.455 e. The molecule has 2 aromatic carbocycles. The van der Waals surface area contributed by atoms with Crippen LogP contribution in [0.15, 0.2) is 84.1 Å². The van der Waals surface area contributed by atoms with Crippen molar-refractivity contribution < 1.29 is 27.6 Å². The van der Waals surface area contributed by atoms with Crippen molar-refractivity contribution in [2.45, 2.75) is 87.6 Å². The summed E-state index contributed by atoms with van der Waals surface area (Å²) in [6.07, 6.45) is 13.0. The molecule has 5 fully saturated rings. The van der Waals surface area contributed by atoms with Crippen LogP contribution >= 0.6 is 0 Å². The molecule has 0 radical (unpaired) electrons. The molecule has 5 aromatic rings. The molecule has 3 aromatic heterocycles. The van der Waals surface area contributed by atoms with Crippen LogP contribution in [-0.2, 0) is 20.3 Å². The molecule has 15 nitrogen and oxygen atoms in total. The number of aromatic amines is 1. The standard InChI is InChI=1S/C47H54N8O7S/c1-30(2)38-5-3-4-6-40(38)47-24-33(47)10-16-54(47)35-25-46(26-35)13-17-53(18-14-46)34-7-8-39(42(22-34)62-36-21-32-9-15-48-43(32)50-28-36)45(56)52-63(59,60)37-23-41(55(57)58)44(51-29-37)49-27-31-11-19-61-20-12-31/h3-9,15,21-23,28-31,33,35H,10-14,16-20,24-27H2,1-2H3,(H,48,50)(H,49,51)(H,52,56). The molecule has 0 bridgehead atoms. The lowest BCUT2D eigenvalue weighted by Gasteiger charge is -2.56. The highest BCUT2D eigenvalue weighted by atomic mass is 32.2. The Morgan fingerprint density at radius 3 is 2.56 bits per heavy atom. The van der Waals surface area contributed by atoms with Crippen LogP contribution in [0.5, 0.6) is 11.5 Å². The summed E-state index contributed by atoms with van der Waals surface area (Å²) in [4.78, 5) is 41.6. The van der Waals surface area contributed by atoms with E-state index in [-0.39, 0.29) is 28.6 Å². The zero-order valence-corrected chi connectivity index (χ0v) is 36.5. The van der Waals surface area contributed by atoms with Gasteiger partial charge in [-0.1, -0.05) is 38.1 Å². The maximum Gasteiger partial charge on any atom is 0.312 e. The van der Waals surface area contributed by atoms with Gasteiger partial charge in [0.1, 0.15) is 22.0 Å². The molecule has 6 heterocycles. The van der Waals surface area contributed by atoms with E-state index in [2.05, 4.69) is 72.9 Å². The lowest BCUT2D eigenvalue weighted by Crippen LogP contribution is -2.56. The number of aromatic nitrogens is 3. The van der Waals surface area contributed by atoms with Gasteiger partial charge in [-0.2, -0.15) is 0 Å². The summed E-state index contributed by atoms with van der Waals surface area (Å²) in [5.41, 5.74) is 4.56. The fraction of sp³-hybridized carbons (Fsp3) is 0.468. The first-order valence-electron chi connectivity index (χ1n) is 22.3. The number of nitrogens with one attached hydrogen (secondary N) is 3. The number of hydrogen-bond acceptors (Lipinski definition) is 12. The number of carbonyl (C=O) groups is 1. The third-order valence-electron chi connectivity index (χ3n) is 14.6. The number of piperidine rings is 2. The number of pyridine rings is 2. The van der Waals surface area contributed by atoms with Crippen LogP contribution in [-0.4, -0.2) is 84.5 Å². The molecule has 2 aliphatic carbocycles. The highest BCUT2D eigenvalue weighted by molar-refractivity contribution is 7.90. The molecule has 2 atom stereocenters. The van der Waals surface area contributed by atoms with E-state index in [0.29, 0.717) is 48.5 Å². The first-order valence-corrected chi connectivity index (χ1v) is 23.8. The van der Waals surface area contributed by atoms with Gasteiger partial charge in [-0.25, -0.2) is 23.1 Å². The van der Waals surface area contributed by atoms with E-state index in [9.17, 15) is 23.3 Å². The van der Waals surface area contributed by atoms with Crippen LogP contribution in [0.1, 0.15) is 92.6 Å². The predicted octanol–water partition coefficient (Wildman–Crippen LogP) is 8.11. The second kappa shape index (κ2) is 16.2. The Labute approximate surface area is 367 Å². The highest BCUT2D eigenvalue weighted by Crippen LogP contribution is 2.67. The van der Waals surface area contributed by atoms with E-state index < -0.39 is 31.4 Å². The Morgan fingerprint density at radius 2 is 1.79 bits per heavy atom. The van der Waals surface area contributed by atoms with Gasteiger partial charge in [-0.15, -0.1) is 0 Å². The van der Waals surface area contributed by atoms with Crippen LogP contribution in [0.4, 0.5) is 17.2 Å². The summed E-state index contributed by atoms with van der Waals surface area (Å²) in [7, 11) is -4.60. The van der Waals surface area contributed by atoms with E-state index in [4.69, 9.17) is 9.47 Å². The van der Waals surface area contributed by atoms with Gasteiger partial charge in [0.15, 0.2) is 0 Å². The Balaban J connectivity index is 0.847. The van der Waals surface area contributed by atoms with Crippen molar-refractivity contribution in [3.63, 3.8) is 0 Å². The van der Waals surface area contributed by atoms with Crippen molar-refractivity contribution in [3.8, 4) is 11.5 Å². The van der Waals surface area contributed by atoms with E-state index in [1.807, 2.05) is 12.1 Å². The van der Waals surface area contributed by atoms with E-state index in [1.54, 1.807) is 36.2 Å². The van der Waals surface area contributed by atoms with Gasteiger partial charge in [0.05, 0.1) is 22.9 Å². The molecule has 2 unspecified atom stereocenters. The number of hydrogen-bond donors (Lipinski definition) is 3. The number of nitrogens with zero attached hydrogens (tertiary/aromatic N) is 5. The van der Waals surface area contributed by atoms with Crippen LogP contribution in [0.25, 0.3) is 11.0 Å². The molecule has 3 saturated heterocycles. The zero-order valence-electron chi connectivity index (χ0n) is 35.7. The van der Waals surface area contributed by atoms with Gasteiger partial charge < -0.3 is 24.7 Å². The molecule has 1 spiro atoms. The van der Waals surface area contributed by atoms with E-state index >= 15 is 0 Å². The molecule has 10 rings (SSSR count). The van der Waals surface area contributed by atoms with Gasteiger partial charge in [-0.05, 0) is 116 Å². The summed E-state index contributed by atoms with van der Waals surface area (Å²) < 4.78 is 41.2. The van der Waals surface area contributed by atoms with Gasteiger partial charge in [0.25, 0.3) is 15.9 Å². The first-order chi connectivity index (χ1) is 30.4. The fourth-order valence-electron chi connectivity index (χ4n) is 11.1. The fourth-order valence-corrected chi connectivity index (χ4v) is 12.0. The number of anilines is 2. The number of H-pyrrole nitrogens is 1. The van der Waals surface area contributed by atoms with Crippen molar-refractivity contribution in [3.05, 3.63) is 106 Å². The largest absolute Gasteiger partial charge is 0.455 e. The summed E-state index contributed by atoms with van der Waals surface area (Å²) >= 11 is 0. The predicted molar refractivity (Wildman–Crippen MR) is 239 cm³/mol. The second-order valence-electron chi connectivity index (χ2n) is 18.6. The zero-order chi connectivity index (χ0) is 43.5. The van der Waals surface area contributed by atoms with E-state index in [0.717, 1.165) is 68.0 Å². The lowest BCUT2D eigenvalue weighted by atomic mass is 9.59. The van der Waals surface area contributed by atoms with Crippen molar-refractivity contribution in [2.75, 3.05) is 49.6 Å². The molecule has 3 N–H and O–H groups in total. The van der Waals surface area contributed by atoms with Gasteiger partial charge in [-0.3, -0.25) is 19.8 Å². The summed E-state index contributed by atoms with van der Waals surface area (Å²) in [6, 6.07) is 19.5. The third kappa shape index (κ3) is 7.79. The average Bonchev–Trinajstić information content (AvgIpc) is 3.60. The van der Waals surface area contributed by atoms with Crippen molar-refractivity contribution >= 4 is 44.2 Å². The smallest absolute Gasteiger partial charge is 0.312 e. The Morgan fingerprint density at radius 1 is 1.00 bits per heavy atom. The number of fused-ring (bicyclic) bond motifs is 2. The third-order valence-corrected chi connectivity index (χ3v) is 15.9. The van der Waals surface area contributed by atoms with Crippen molar-refractivity contribution in [2.24, 2.45) is 17.3 Å². The molecule has 330 valence electrons. The quantitative estimate of drug-likeness (QED) is 0.0764. The van der Waals surface area contributed by atoms with Crippen LogP contribution in [0, 0.1) is 27.4 Å². The number of sulfonamides is 1. The molecule has 2 saturated carbocycles. The number of amides is 1. The van der Waals surface area contributed by atoms with Gasteiger partial charge in [0.2, 0.25) is 5.82 Å². The second-order valence-corrected chi connectivity index (χ2v) is 20.3. The number of likely N-dealkylation sites (tertiary alicyclic amines) is 1. The molecule has 5 aliphatic rings. The lowest BCUT2D eigenvalue weighted by molar-refractivity contribution is -0.384. The van der Waals surface area contributed by atoms with E-state index in [1.165, 1.54) is 37.8 Å². The normalized spacial score (nSPS) is 22.5. The minimum atomic E-state index is -4.60. The SMILES string of the molecule is CC(C)c1ccccc1C12CC1CCN2C1CC2(CCN(c3ccc(C(=O)NS(=O)(=O)c4cnc(NCC5CCOCC5)c([N+](=O)[O-])c4)c(Oc4cnc5[nH]ccc5c4)c3)CC2)C1. The number of ether oxygens (including phenoxy) is 2. The van der Waals surface area contributed by atoms with Crippen LogP contribution in [0.3, 0.4) is 0 Å². The van der Waals surface area contributed by atoms with Crippen LogP contribution in [0.2, 0.25) is 0 Å². The molecule has 63 heavy (non-hydrogen) atoms. The summed E-state index contributed by atoms with van der Waals surface area (Å²) in [5, 5.41) is 15.9. The topological polar surface area (TPSA) is 185 Å². The molecule has 3 aliphatic heterocycles. The maximum atomic E-state index is 13.9. The molecule has 16 heteroatoms. The minimum absolute atomic E-state index is 0.0269. The Kier molecular flexibility index (Phi) is 10.7. The maximum absolute atomic E-state index is 13.9. The number of rotatable bonds is 13. The number of benzene rings is 2. The monoisotopic (exact) mass is 874 g/mol. The Hall–Kier alpha value is -5.58.